The highest BCUT2D eigenvalue weighted by molar-refractivity contribution is 6.18. The number of nitrogens with zero attached hydrogens (tertiary/aromatic N) is 1. The van der Waals surface area contributed by atoms with Gasteiger partial charge in [-0.05, 0) is 26.3 Å². The number of aryl methyl sites for hydroxylation is 3. The third-order valence-corrected chi connectivity index (χ3v) is 5.18. The van der Waals surface area contributed by atoms with Crippen LogP contribution in [0.3, 0.4) is 0 Å². The first kappa shape index (κ1) is 19.5. The number of nitrogens with one attached hydrogen (secondary N) is 1. The minimum absolute atomic E-state index is 0.193. The number of hydrogen-bond acceptors (Lipinski definition) is 3. The quantitative estimate of drug-likeness (QED) is 0.457. The van der Waals surface area contributed by atoms with E-state index in [0.717, 1.165) is 22.3 Å². The number of carbonyl (C=O) groups excluding carboxylic acids is 2. The fourth-order valence-corrected chi connectivity index (χ4v) is 3.36. The summed E-state index contributed by atoms with van der Waals surface area (Å²) in [5, 5.41) is 7.12. The minimum atomic E-state index is -0.218. The molecule has 0 aliphatic carbocycles. The molecule has 0 saturated carbocycles. The molecule has 0 bridgehead atoms. The van der Waals surface area contributed by atoms with Gasteiger partial charge in [-0.2, -0.15) is 5.10 Å². The number of hydrogen-bond donors (Lipinski definition) is 1. The van der Waals surface area contributed by atoms with Crippen LogP contribution >= 0.6 is 0 Å². The van der Waals surface area contributed by atoms with Crippen LogP contribution in [0.1, 0.15) is 48.8 Å². The molecule has 4 aromatic rings. The second kappa shape index (κ2) is 7.91. The molecule has 30 heavy (non-hydrogen) atoms. The van der Waals surface area contributed by atoms with Gasteiger partial charge in [0.25, 0.3) is 0 Å². The maximum absolute atomic E-state index is 13.3. The van der Waals surface area contributed by atoms with Crippen LogP contribution in [0.25, 0.3) is 11.1 Å². The molecule has 148 valence electrons. The van der Waals surface area contributed by atoms with Crippen molar-refractivity contribution in [1.82, 2.24) is 10.2 Å². The van der Waals surface area contributed by atoms with Crippen molar-refractivity contribution < 1.29 is 9.59 Å². The average Bonchev–Trinajstić information content (AvgIpc) is 3.19. The number of rotatable bonds is 5. The maximum Gasteiger partial charge on any atom is 0.213 e. The number of carbonyl (C=O) groups is 2. The van der Waals surface area contributed by atoms with Gasteiger partial charge < -0.3 is 0 Å². The largest absolute Gasteiger partial charge is 0.287 e. The van der Waals surface area contributed by atoms with Gasteiger partial charge in [-0.15, -0.1) is 0 Å². The van der Waals surface area contributed by atoms with Crippen molar-refractivity contribution in [3.05, 3.63) is 112 Å². The van der Waals surface area contributed by atoms with Gasteiger partial charge in [-0.1, -0.05) is 89.5 Å². The summed E-state index contributed by atoms with van der Waals surface area (Å²) in [6, 6.07) is 22.5. The van der Waals surface area contributed by atoms with Crippen LogP contribution in [0.15, 0.2) is 72.8 Å². The first-order chi connectivity index (χ1) is 14.4. The summed E-state index contributed by atoms with van der Waals surface area (Å²) in [5.74, 6) is -0.411. The SMILES string of the molecule is Cc1ccc(C(=O)c2n[nH]c(C(=O)c3ccc(C)cc3)c2-c2ccc(C)cc2)cc1. The highest BCUT2D eigenvalue weighted by Crippen LogP contribution is 2.30. The monoisotopic (exact) mass is 394 g/mol. The molecule has 1 aromatic heterocycles. The number of aromatic amines is 1. The van der Waals surface area contributed by atoms with E-state index in [9.17, 15) is 9.59 Å². The van der Waals surface area contributed by atoms with Gasteiger partial charge in [0.1, 0.15) is 11.4 Å². The van der Waals surface area contributed by atoms with Gasteiger partial charge in [-0.25, -0.2) is 0 Å². The normalized spacial score (nSPS) is 10.8. The second-order valence-electron chi connectivity index (χ2n) is 7.58. The third kappa shape index (κ3) is 3.72. The van der Waals surface area contributed by atoms with Crippen molar-refractivity contribution >= 4 is 11.6 Å². The summed E-state index contributed by atoms with van der Waals surface area (Å²) >= 11 is 0. The van der Waals surface area contributed by atoms with Crippen LogP contribution in [-0.2, 0) is 0 Å². The lowest BCUT2D eigenvalue weighted by Gasteiger charge is -2.07. The molecule has 0 unspecified atom stereocenters. The molecule has 0 spiro atoms. The van der Waals surface area contributed by atoms with Crippen molar-refractivity contribution in [2.24, 2.45) is 0 Å². The van der Waals surface area contributed by atoms with Crippen LogP contribution in [-0.4, -0.2) is 21.8 Å². The third-order valence-electron chi connectivity index (χ3n) is 5.18. The number of H-pyrrole nitrogens is 1. The van der Waals surface area contributed by atoms with Gasteiger partial charge in [0.2, 0.25) is 11.6 Å². The number of benzene rings is 3. The van der Waals surface area contributed by atoms with Crippen molar-refractivity contribution in [2.45, 2.75) is 20.8 Å². The van der Waals surface area contributed by atoms with E-state index in [1.807, 2.05) is 69.3 Å². The van der Waals surface area contributed by atoms with Crippen LogP contribution < -0.4 is 0 Å². The van der Waals surface area contributed by atoms with Gasteiger partial charge in [0.15, 0.2) is 0 Å². The van der Waals surface area contributed by atoms with Gasteiger partial charge in [0, 0.05) is 16.7 Å². The molecule has 0 radical (unpaired) electrons. The number of ketones is 2. The van der Waals surface area contributed by atoms with E-state index in [-0.39, 0.29) is 17.3 Å². The Hall–Kier alpha value is -3.79. The Balaban J connectivity index is 1.86. The Morgan fingerprint density at radius 3 is 1.57 bits per heavy atom. The molecular formula is C26H22N2O2. The summed E-state index contributed by atoms with van der Waals surface area (Å²) in [4.78, 5) is 26.5. The summed E-state index contributed by atoms with van der Waals surface area (Å²) in [7, 11) is 0. The van der Waals surface area contributed by atoms with E-state index >= 15 is 0 Å². The van der Waals surface area contributed by atoms with Crippen molar-refractivity contribution in [1.29, 1.82) is 0 Å². The molecule has 0 aliphatic rings. The van der Waals surface area contributed by atoms with E-state index in [1.54, 1.807) is 24.3 Å². The molecule has 3 aromatic carbocycles. The first-order valence-electron chi connectivity index (χ1n) is 9.82. The summed E-state index contributed by atoms with van der Waals surface area (Å²) in [6.45, 7) is 5.94. The van der Waals surface area contributed by atoms with Crippen molar-refractivity contribution in [2.75, 3.05) is 0 Å². The molecule has 0 atom stereocenters. The highest BCUT2D eigenvalue weighted by atomic mass is 16.1. The zero-order valence-electron chi connectivity index (χ0n) is 17.2. The maximum atomic E-state index is 13.3. The van der Waals surface area contributed by atoms with Crippen LogP contribution in [0.4, 0.5) is 0 Å². The Morgan fingerprint density at radius 1 is 0.633 bits per heavy atom. The molecule has 1 heterocycles. The predicted molar refractivity (Wildman–Crippen MR) is 118 cm³/mol. The average molecular weight is 394 g/mol. The Labute approximate surface area is 175 Å². The zero-order valence-corrected chi connectivity index (χ0v) is 17.2. The van der Waals surface area contributed by atoms with Gasteiger partial charge in [0.05, 0.1) is 0 Å². The molecule has 0 amide bonds. The topological polar surface area (TPSA) is 62.8 Å². The fourth-order valence-electron chi connectivity index (χ4n) is 3.36. The van der Waals surface area contributed by atoms with E-state index in [1.165, 1.54) is 0 Å². The molecule has 4 nitrogen and oxygen atoms in total. The van der Waals surface area contributed by atoms with Gasteiger partial charge >= 0.3 is 0 Å². The lowest BCUT2D eigenvalue weighted by atomic mass is 9.94. The Kier molecular flexibility index (Phi) is 5.15. The molecule has 0 saturated heterocycles. The summed E-state index contributed by atoms with van der Waals surface area (Å²) in [5.41, 5.74) is 6.21. The summed E-state index contributed by atoms with van der Waals surface area (Å²) < 4.78 is 0. The zero-order chi connectivity index (χ0) is 21.3. The van der Waals surface area contributed by atoms with E-state index in [4.69, 9.17) is 0 Å². The van der Waals surface area contributed by atoms with Crippen molar-refractivity contribution in [3.63, 3.8) is 0 Å². The van der Waals surface area contributed by atoms with E-state index in [0.29, 0.717) is 22.4 Å². The molecule has 1 N–H and O–H groups in total. The lowest BCUT2D eigenvalue weighted by Crippen LogP contribution is -2.06. The highest BCUT2D eigenvalue weighted by Gasteiger charge is 2.26. The fraction of sp³-hybridized carbons (Fsp3) is 0.115. The summed E-state index contributed by atoms with van der Waals surface area (Å²) in [6.07, 6.45) is 0. The molecule has 0 aliphatic heterocycles. The second-order valence-corrected chi connectivity index (χ2v) is 7.58. The first-order valence-corrected chi connectivity index (χ1v) is 9.82. The van der Waals surface area contributed by atoms with Gasteiger partial charge in [-0.3, -0.25) is 14.7 Å². The number of aromatic nitrogens is 2. The molecular weight excluding hydrogens is 372 g/mol. The van der Waals surface area contributed by atoms with Crippen molar-refractivity contribution in [3.8, 4) is 11.1 Å². The van der Waals surface area contributed by atoms with E-state index in [2.05, 4.69) is 10.2 Å². The Bertz CT molecular complexity index is 1140. The molecule has 0 fully saturated rings. The minimum Gasteiger partial charge on any atom is -0.287 e. The lowest BCUT2D eigenvalue weighted by molar-refractivity contribution is 0.102. The van der Waals surface area contributed by atoms with Crippen LogP contribution in [0.2, 0.25) is 0 Å². The Morgan fingerprint density at radius 2 is 1.07 bits per heavy atom. The standard InChI is InChI=1S/C26H22N2O2/c1-16-4-10-19(11-5-16)22-23(25(29)20-12-6-17(2)7-13-20)27-28-24(22)26(30)21-14-8-18(3)9-15-21/h4-15H,1-3H3,(H,27,28). The van der Waals surface area contributed by atoms with Crippen LogP contribution in [0.5, 0.6) is 0 Å². The van der Waals surface area contributed by atoms with Crippen LogP contribution in [0, 0.1) is 20.8 Å². The van der Waals surface area contributed by atoms with E-state index < -0.39 is 0 Å². The molecule has 4 rings (SSSR count). The molecule has 4 heteroatoms. The predicted octanol–water partition coefficient (Wildman–Crippen LogP) is 5.46. The smallest absolute Gasteiger partial charge is 0.213 e.